The molecule has 2 aromatic heterocycles. The van der Waals surface area contributed by atoms with Crippen molar-refractivity contribution in [3.8, 4) is 0 Å². The maximum absolute atomic E-state index is 11.4. The first kappa shape index (κ1) is 13.7. The molecule has 0 aliphatic carbocycles. The summed E-state index contributed by atoms with van der Waals surface area (Å²) < 4.78 is 1.40. The summed E-state index contributed by atoms with van der Waals surface area (Å²) in [6.07, 6.45) is 1.58. The van der Waals surface area contributed by atoms with Crippen LogP contribution in [0.4, 0.5) is 17.3 Å². The summed E-state index contributed by atoms with van der Waals surface area (Å²) in [4.78, 5) is 26.5. The van der Waals surface area contributed by atoms with Gasteiger partial charge in [0.15, 0.2) is 5.78 Å². The van der Waals surface area contributed by atoms with E-state index in [-0.39, 0.29) is 17.4 Å². The lowest BCUT2D eigenvalue weighted by Gasteiger charge is -2.04. The van der Waals surface area contributed by atoms with Gasteiger partial charge in [-0.15, -0.1) is 0 Å². The molecule has 7 nitrogen and oxygen atoms in total. The largest absolute Gasteiger partial charge is 0.372 e. The number of rotatable bonds is 4. The van der Waals surface area contributed by atoms with Gasteiger partial charge in [-0.2, -0.15) is 9.38 Å². The van der Waals surface area contributed by atoms with Crippen LogP contribution in [0.3, 0.4) is 0 Å². The summed E-state index contributed by atoms with van der Waals surface area (Å²) in [5.74, 6) is -0.0890. The Balaban J connectivity index is 2.07. The molecule has 0 radical (unpaired) electrons. The van der Waals surface area contributed by atoms with Gasteiger partial charge >= 0.3 is 5.82 Å². The zero-order valence-electron chi connectivity index (χ0n) is 11.7. The van der Waals surface area contributed by atoms with Crippen molar-refractivity contribution < 1.29 is 9.72 Å². The summed E-state index contributed by atoms with van der Waals surface area (Å²) in [5.41, 5.74) is 1.56. The Bertz CT molecular complexity index is 885. The van der Waals surface area contributed by atoms with Crippen LogP contribution in [-0.2, 0) is 0 Å². The zero-order valence-corrected chi connectivity index (χ0v) is 11.7. The molecular weight excluding hydrogens is 284 g/mol. The monoisotopic (exact) mass is 296 g/mol. The van der Waals surface area contributed by atoms with Crippen LogP contribution in [0, 0.1) is 10.1 Å². The minimum absolute atomic E-state index is 0.0758. The normalized spacial score (nSPS) is 10.6. The van der Waals surface area contributed by atoms with Crippen LogP contribution < -0.4 is 5.32 Å². The smallest absolute Gasteiger partial charge is 0.358 e. The van der Waals surface area contributed by atoms with Crippen LogP contribution in [0.2, 0.25) is 0 Å². The van der Waals surface area contributed by atoms with Crippen molar-refractivity contribution in [3.63, 3.8) is 0 Å². The summed E-state index contributed by atoms with van der Waals surface area (Å²) in [6.45, 7) is 1.46. The number of carbonyl (C=O) groups is 1. The number of anilines is 2. The molecule has 7 heteroatoms. The average Bonchev–Trinajstić information content (AvgIpc) is 2.85. The third-order valence-corrected chi connectivity index (χ3v) is 3.21. The number of hydrogen-bond donors (Lipinski definition) is 1. The number of nitrogens with zero attached hydrogens (tertiary/aromatic N) is 3. The molecule has 1 N–H and O–H groups in total. The standard InChI is InChI=1S/C15H12N4O3/c1-10(20)11-5-4-6-12(9-11)16-14-15(19(21)22)18-8-3-2-7-13(18)17-14/h2-9,16H,1H3. The molecule has 1 aromatic carbocycles. The van der Waals surface area contributed by atoms with E-state index in [9.17, 15) is 14.9 Å². The summed E-state index contributed by atoms with van der Waals surface area (Å²) >= 11 is 0. The molecule has 0 fully saturated rings. The molecule has 0 saturated heterocycles. The van der Waals surface area contributed by atoms with E-state index in [1.165, 1.54) is 11.3 Å². The topological polar surface area (TPSA) is 89.5 Å². The van der Waals surface area contributed by atoms with Crippen LogP contribution in [0.1, 0.15) is 17.3 Å². The highest BCUT2D eigenvalue weighted by Gasteiger charge is 2.22. The molecule has 3 rings (SSSR count). The molecule has 0 bridgehead atoms. The second-order valence-electron chi connectivity index (χ2n) is 4.73. The fraction of sp³-hybridized carbons (Fsp3) is 0.0667. The van der Waals surface area contributed by atoms with Gasteiger partial charge in [-0.3, -0.25) is 4.79 Å². The number of fused-ring (bicyclic) bond motifs is 1. The van der Waals surface area contributed by atoms with Crippen molar-refractivity contribution in [2.45, 2.75) is 6.92 Å². The van der Waals surface area contributed by atoms with Gasteiger partial charge in [-0.1, -0.05) is 18.2 Å². The van der Waals surface area contributed by atoms with Crippen molar-refractivity contribution in [3.05, 3.63) is 64.3 Å². The number of Topliss-reactive ketones (excluding diaryl/α,β-unsaturated/α-hetero) is 1. The van der Waals surface area contributed by atoms with Gasteiger partial charge in [-0.25, -0.2) is 0 Å². The van der Waals surface area contributed by atoms with Gasteiger partial charge in [0.25, 0.3) is 0 Å². The lowest BCUT2D eigenvalue weighted by atomic mass is 10.1. The molecule has 22 heavy (non-hydrogen) atoms. The number of imidazole rings is 1. The molecule has 2 heterocycles. The highest BCUT2D eigenvalue weighted by Crippen LogP contribution is 2.28. The van der Waals surface area contributed by atoms with Gasteiger partial charge in [0.1, 0.15) is 0 Å². The van der Waals surface area contributed by atoms with Crippen LogP contribution in [0.25, 0.3) is 5.65 Å². The van der Waals surface area contributed by atoms with Crippen molar-refractivity contribution in [2.75, 3.05) is 5.32 Å². The minimum Gasteiger partial charge on any atom is -0.358 e. The third-order valence-electron chi connectivity index (χ3n) is 3.21. The summed E-state index contributed by atoms with van der Waals surface area (Å²) in [5, 5.41) is 14.2. The number of hydrogen-bond acceptors (Lipinski definition) is 5. The Hall–Kier alpha value is -3.22. The lowest BCUT2D eigenvalue weighted by molar-refractivity contribution is -0.389. The molecule has 0 aliphatic heterocycles. The lowest BCUT2D eigenvalue weighted by Crippen LogP contribution is -1.99. The maximum Gasteiger partial charge on any atom is 0.372 e. The molecule has 110 valence electrons. The number of carbonyl (C=O) groups excluding carboxylic acids is 1. The maximum atomic E-state index is 11.4. The quantitative estimate of drug-likeness (QED) is 0.453. The third kappa shape index (κ3) is 2.39. The first-order chi connectivity index (χ1) is 10.6. The molecule has 0 saturated carbocycles. The van der Waals surface area contributed by atoms with E-state index in [1.54, 1.807) is 48.7 Å². The van der Waals surface area contributed by atoms with E-state index < -0.39 is 4.92 Å². The predicted molar refractivity (Wildman–Crippen MR) is 81.6 cm³/mol. The number of pyridine rings is 1. The van der Waals surface area contributed by atoms with E-state index in [0.717, 1.165) is 0 Å². The first-order valence-electron chi connectivity index (χ1n) is 6.56. The van der Waals surface area contributed by atoms with E-state index in [4.69, 9.17) is 0 Å². The summed E-state index contributed by atoms with van der Waals surface area (Å²) in [7, 11) is 0. The fourth-order valence-electron chi connectivity index (χ4n) is 2.19. The SMILES string of the molecule is CC(=O)c1cccc(Nc2nc3ccccn3c2[N+](=O)[O-])c1. The molecule has 3 aromatic rings. The van der Waals surface area contributed by atoms with E-state index in [1.807, 2.05) is 0 Å². The highest BCUT2D eigenvalue weighted by atomic mass is 16.6. The average molecular weight is 296 g/mol. The van der Waals surface area contributed by atoms with E-state index >= 15 is 0 Å². The van der Waals surface area contributed by atoms with E-state index in [2.05, 4.69) is 10.3 Å². The predicted octanol–water partition coefficient (Wildman–Crippen LogP) is 3.19. The van der Waals surface area contributed by atoms with Gasteiger partial charge in [0.2, 0.25) is 11.5 Å². The van der Waals surface area contributed by atoms with E-state index in [0.29, 0.717) is 16.9 Å². The molecule has 0 atom stereocenters. The Morgan fingerprint density at radius 1 is 1.27 bits per heavy atom. The van der Waals surface area contributed by atoms with Crippen molar-refractivity contribution in [1.29, 1.82) is 0 Å². The second kappa shape index (κ2) is 5.28. The van der Waals surface area contributed by atoms with Gasteiger partial charge in [0, 0.05) is 17.3 Å². The number of aromatic nitrogens is 2. The molecule has 0 unspecified atom stereocenters. The minimum atomic E-state index is -0.489. The van der Waals surface area contributed by atoms with Crippen LogP contribution in [0.5, 0.6) is 0 Å². The second-order valence-corrected chi connectivity index (χ2v) is 4.73. The molecule has 0 spiro atoms. The molecule has 0 aliphatic rings. The van der Waals surface area contributed by atoms with Crippen LogP contribution >= 0.6 is 0 Å². The molecule has 0 amide bonds. The van der Waals surface area contributed by atoms with Crippen molar-refractivity contribution >= 4 is 28.8 Å². The van der Waals surface area contributed by atoms with Crippen LogP contribution in [0.15, 0.2) is 48.7 Å². The number of ketones is 1. The Morgan fingerprint density at radius 2 is 2.09 bits per heavy atom. The highest BCUT2D eigenvalue weighted by molar-refractivity contribution is 5.95. The number of nitro groups is 1. The number of benzene rings is 1. The Morgan fingerprint density at radius 3 is 2.82 bits per heavy atom. The van der Waals surface area contributed by atoms with Crippen molar-refractivity contribution in [2.24, 2.45) is 0 Å². The Kier molecular flexibility index (Phi) is 3.30. The zero-order chi connectivity index (χ0) is 15.7. The van der Waals surface area contributed by atoms with Gasteiger partial charge in [-0.05, 0) is 30.0 Å². The fourth-order valence-corrected chi connectivity index (χ4v) is 2.19. The number of nitrogens with one attached hydrogen (secondary N) is 1. The van der Waals surface area contributed by atoms with Crippen LogP contribution in [-0.4, -0.2) is 20.1 Å². The molecular formula is C15H12N4O3. The van der Waals surface area contributed by atoms with Gasteiger partial charge in [0.05, 0.1) is 6.20 Å². The van der Waals surface area contributed by atoms with Crippen molar-refractivity contribution in [1.82, 2.24) is 9.38 Å². The Labute approximate surface area is 125 Å². The van der Waals surface area contributed by atoms with Gasteiger partial charge < -0.3 is 15.4 Å². The first-order valence-corrected chi connectivity index (χ1v) is 6.56. The summed E-state index contributed by atoms with van der Waals surface area (Å²) in [6, 6.07) is 11.9.